The van der Waals surface area contributed by atoms with E-state index in [2.05, 4.69) is 5.32 Å². The molecule has 2 rings (SSSR count). The van der Waals surface area contributed by atoms with Gasteiger partial charge < -0.3 is 15.2 Å². The number of halogens is 1. The fourth-order valence-electron chi connectivity index (χ4n) is 2.75. The van der Waals surface area contributed by atoms with E-state index in [0.29, 0.717) is 10.8 Å². The second-order valence-electron chi connectivity index (χ2n) is 5.47. The van der Waals surface area contributed by atoms with Crippen molar-refractivity contribution in [3.8, 4) is 5.75 Å². The maximum atomic E-state index is 12.0. The second-order valence-corrected chi connectivity index (χ2v) is 5.88. The van der Waals surface area contributed by atoms with Gasteiger partial charge in [-0.2, -0.15) is 0 Å². The number of carbonyl (C=O) groups is 1. The summed E-state index contributed by atoms with van der Waals surface area (Å²) in [6, 6.07) is 7.12. The molecule has 0 spiro atoms. The third kappa shape index (κ3) is 4.90. The molecule has 2 unspecified atom stereocenters. The van der Waals surface area contributed by atoms with E-state index in [4.69, 9.17) is 16.3 Å². The lowest BCUT2D eigenvalue weighted by Crippen LogP contribution is -2.43. The van der Waals surface area contributed by atoms with Crippen LogP contribution in [0.4, 0.5) is 0 Å². The topological polar surface area (TPSA) is 58.6 Å². The van der Waals surface area contributed by atoms with Gasteiger partial charge in [-0.05, 0) is 25.0 Å². The Hall–Kier alpha value is -1.26. The van der Waals surface area contributed by atoms with Crippen LogP contribution in [0.15, 0.2) is 24.3 Å². The van der Waals surface area contributed by atoms with Gasteiger partial charge in [-0.3, -0.25) is 4.79 Å². The van der Waals surface area contributed by atoms with Crippen molar-refractivity contribution in [2.75, 3.05) is 13.2 Å². The first kappa shape index (κ1) is 16.1. The van der Waals surface area contributed by atoms with Crippen molar-refractivity contribution in [2.24, 2.45) is 5.92 Å². The number of ether oxygens (including phenoxy) is 1. The first-order chi connectivity index (χ1) is 10.2. The normalized spacial score (nSPS) is 22.4. The highest BCUT2D eigenvalue weighted by molar-refractivity contribution is 6.32. The highest BCUT2D eigenvalue weighted by Gasteiger charge is 2.24. The first-order valence-electron chi connectivity index (χ1n) is 7.48. The Balaban J connectivity index is 1.84. The molecule has 0 radical (unpaired) electrons. The summed E-state index contributed by atoms with van der Waals surface area (Å²) in [4.78, 5) is 12.0. The van der Waals surface area contributed by atoms with Crippen LogP contribution in [0.25, 0.3) is 0 Å². The Bertz CT molecular complexity index is 467. The van der Waals surface area contributed by atoms with Gasteiger partial charge in [0, 0.05) is 18.6 Å². The predicted octanol–water partition coefficient (Wildman–Crippen LogP) is 2.78. The number of rotatable bonds is 5. The van der Waals surface area contributed by atoms with Crippen molar-refractivity contribution in [1.29, 1.82) is 0 Å². The average molecular weight is 312 g/mol. The van der Waals surface area contributed by atoms with Crippen molar-refractivity contribution in [2.45, 2.75) is 38.1 Å². The summed E-state index contributed by atoms with van der Waals surface area (Å²) in [5, 5.41) is 12.9. The van der Waals surface area contributed by atoms with E-state index in [1.54, 1.807) is 12.1 Å². The molecule has 2 N–H and O–H groups in total. The Kier molecular flexibility index (Phi) is 6.33. The van der Waals surface area contributed by atoms with Gasteiger partial charge in [-0.15, -0.1) is 0 Å². The van der Waals surface area contributed by atoms with E-state index < -0.39 is 0 Å². The van der Waals surface area contributed by atoms with E-state index in [9.17, 15) is 9.90 Å². The zero-order valence-electron chi connectivity index (χ0n) is 12.1. The molecule has 0 aromatic heterocycles. The summed E-state index contributed by atoms with van der Waals surface area (Å²) in [5.74, 6) is 0.492. The van der Waals surface area contributed by atoms with Crippen molar-refractivity contribution >= 4 is 17.5 Å². The van der Waals surface area contributed by atoms with Gasteiger partial charge in [-0.1, -0.05) is 43.0 Å². The van der Waals surface area contributed by atoms with E-state index >= 15 is 0 Å². The largest absolute Gasteiger partial charge is 0.482 e. The van der Waals surface area contributed by atoms with Crippen LogP contribution in [0.5, 0.6) is 5.75 Å². The zero-order valence-corrected chi connectivity index (χ0v) is 12.8. The lowest BCUT2D eigenvalue weighted by molar-refractivity contribution is -0.124. The minimum absolute atomic E-state index is 0.0415. The van der Waals surface area contributed by atoms with Crippen LogP contribution in [0, 0.1) is 5.92 Å². The third-order valence-corrected chi connectivity index (χ3v) is 4.25. The first-order valence-corrected chi connectivity index (χ1v) is 7.86. The molecule has 1 aromatic rings. The zero-order chi connectivity index (χ0) is 15.1. The summed E-state index contributed by atoms with van der Waals surface area (Å²) in [5.41, 5.74) is 0. The molecule has 116 valence electrons. The molecule has 1 saturated carbocycles. The summed E-state index contributed by atoms with van der Waals surface area (Å²) < 4.78 is 5.43. The lowest BCUT2D eigenvalue weighted by atomic mass is 9.95. The van der Waals surface area contributed by atoms with Crippen molar-refractivity contribution in [1.82, 2.24) is 5.32 Å². The van der Waals surface area contributed by atoms with Gasteiger partial charge in [0.1, 0.15) is 5.75 Å². The summed E-state index contributed by atoms with van der Waals surface area (Å²) in [6.07, 6.45) is 5.26. The number of nitrogens with one attached hydrogen (secondary N) is 1. The monoisotopic (exact) mass is 311 g/mol. The minimum Gasteiger partial charge on any atom is -0.482 e. The third-order valence-electron chi connectivity index (χ3n) is 3.94. The summed E-state index contributed by atoms with van der Waals surface area (Å²) in [7, 11) is 0. The molecule has 5 heteroatoms. The van der Waals surface area contributed by atoms with Gasteiger partial charge in [-0.25, -0.2) is 0 Å². The maximum absolute atomic E-state index is 12.0. The van der Waals surface area contributed by atoms with Crippen molar-refractivity contribution in [3.63, 3.8) is 0 Å². The van der Waals surface area contributed by atoms with Gasteiger partial charge in [0.15, 0.2) is 6.61 Å². The van der Waals surface area contributed by atoms with Crippen molar-refractivity contribution < 1.29 is 14.6 Å². The molecule has 1 aliphatic carbocycles. The molecule has 0 aliphatic heterocycles. The maximum Gasteiger partial charge on any atom is 0.258 e. The van der Waals surface area contributed by atoms with E-state index in [1.807, 2.05) is 12.1 Å². The number of aliphatic hydroxyl groups is 1. The molecule has 0 bridgehead atoms. The highest BCUT2D eigenvalue weighted by Crippen LogP contribution is 2.24. The van der Waals surface area contributed by atoms with Crippen LogP contribution in [0.3, 0.4) is 0 Å². The van der Waals surface area contributed by atoms with Crippen LogP contribution in [-0.4, -0.2) is 30.3 Å². The predicted molar refractivity (Wildman–Crippen MR) is 82.5 cm³/mol. The minimum atomic E-state index is -0.166. The number of hydrogen-bond acceptors (Lipinski definition) is 3. The number of aliphatic hydroxyl groups excluding tert-OH is 1. The summed E-state index contributed by atoms with van der Waals surface area (Å²) >= 11 is 5.98. The van der Waals surface area contributed by atoms with Crippen LogP contribution in [-0.2, 0) is 4.79 Å². The Labute approximate surface area is 130 Å². The fourth-order valence-corrected chi connectivity index (χ4v) is 2.94. The molecule has 0 saturated heterocycles. The number of benzene rings is 1. The van der Waals surface area contributed by atoms with Gasteiger partial charge in [0.25, 0.3) is 5.91 Å². The second kappa shape index (κ2) is 8.25. The molecule has 21 heavy (non-hydrogen) atoms. The molecular weight excluding hydrogens is 290 g/mol. The molecule has 2 atom stereocenters. The Morgan fingerprint density at radius 1 is 1.29 bits per heavy atom. The number of para-hydroxylation sites is 1. The van der Waals surface area contributed by atoms with Crippen LogP contribution < -0.4 is 10.1 Å². The SMILES string of the molecule is O=C(COc1ccccc1Cl)NC1CCCCCC1CO. The van der Waals surface area contributed by atoms with E-state index in [1.165, 1.54) is 6.42 Å². The average Bonchev–Trinajstić information content (AvgIpc) is 2.71. The highest BCUT2D eigenvalue weighted by atomic mass is 35.5. The number of carbonyl (C=O) groups excluding carboxylic acids is 1. The van der Waals surface area contributed by atoms with Gasteiger partial charge >= 0.3 is 0 Å². The van der Waals surface area contributed by atoms with Gasteiger partial charge in [0.05, 0.1) is 5.02 Å². The van der Waals surface area contributed by atoms with E-state index in [0.717, 1.165) is 25.7 Å². The quantitative estimate of drug-likeness (QED) is 0.822. The smallest absolute Gasteiger partial charge is 0.258 e. The standard InChI is InChI=1S/C16H22ClNO3/c17-13-7-4-5-9-15(13)21-11-16(20)18-14-8-3-1-2-6-12(14)10-19/h4-5,7,9,12,14,19H,1-3,6,8,10-11H2,(H,18,20). The van der Waals surface area contributed by atoms with Crippen LogP contribution in [0.2, 0.25) is 5.02 Å². The number of amides is 1. The van der Waals surface area contributed by atoms with Crippen LogP contribution in [0.1, 0.15) is 32.1 Å². The molecular formula is C16H22ClNO3. The van der Waals surface area contributed by atoms with E-state index in [-0.39, 0.29) is 31.1 Å². The number of hydrogen-bond donors (Lipinski definition) is 2. The molecule has 1 fully saturated rings. The molecule has 1 aromatic carbocycles. The Morgan fingerprint density at radius 3 is 2.81 bits per heavy atom. The fraction of sp³-hybridized carbons (Fsp3) is 0.562. The van der Waals surface area contributed by atoms with Crippen molar-refractivity contribution in [3.05, 3.63) is 29.3 Å². The molecule has 1 amide bonds. The van der Waals surface area contributed by atoms with Gasteiger partial charge in [0.2, 0.25) is 0 Å². The molecule has 4 nitrogen and oxygen atoms in total. The summed E-state index contributed by atoms with van der Waals surface area (Å²) in [6.45, 7) is 0.0642. The Morgan fingerprint density at radius 2 is 2.05 bits per heavy atom. The molecule has 0 heterocycles. The molecule has 1 aliphatic rings. The lowest BCUT2D eigenvalue weighted by Gasteiger charge is -2.24. The van der Waals surface area contributed by atoms with Crippen LogP contribution >= 0.6 is 11.6 Å².